The molecule has 220 valence electrons. The summed E-state index contributed by atoms with van der Waals surface area (Å²) in [6.45, 7) is 3.02. The minimum absolute atomic E-state index is 0.0613. The molecule has 0 spiro atoms. The van der Waals surface area contributed by atoms with Crippen LogP contribution >= 0.6 is 11.3 Å². The monoisotopic (exact) mass is 592 g/mol. The van der Waals surface area contributed by atoms with E-state index >= 15 is 0 Å². The van der Waals surface area contributed by atoms with Gasteiger partial charge in [-0.3, -0.25) is 14.9 Å². The number of hydrogen-bond donors (Lipinski definition) is 2. The van der Waals surface area contributed by atoms with Gasteiger partial charge in [-0.25, -0.2) is 13.6 Å². The Hall–Kier alpha value is -3.67. The van der Waals surface area contributed by atoms with Gasteiger partial charge in [-0.15, -0.1) is 11.3 Å². The molecule has 8 nitrogen and oxygen atoms in total. The van der Waals surface area contributed by atoms with Crippen molar-refractivity contribution in [3.05, 3.63) is 66.2 Å². The first-order valence-electron chi connectivity index (χ1n) is 14.3. The maximum atomic E-state index is 14.9. The lowest BCUT2D eigenvalue weighted by atomic mass is 10.0. The van der Waals surface area contributed by atoms with Gasteiger partial charge in [0.25, 0.3) is 0 Å². The molecule has 6 rings (SSSR count). The molecular weight excluding hydrogens is 558 g/mol. The molecule has 2 aliphatic rings. The van der Waals surface area contributed by atoms with Gasteiger partial charge in [0, 0.05) is 55.4 Å². The highest BCUT2D eigenvalue weighted by molar-refractivity contribution is 7.22. The number of amides is 2. The number of alkyl halides is 1. The number of anilines is 1. The van der Waals surface area contributed by atoms with E-state index in [-0.39, 0.29) is 24.5 Å². The minimum Gasteiger partial charge on any atom is -0.453 e. The number of thiophene rings is 1. The molecule has 1 saturated heterocycles. The average molecular weight is 593 g/mol. The number of pyridine rings is 2. The van der Waals surface area contributed by atoms with Crippen LogP contribution in [0.1, 0.15) is 31.2 Å². The van der Waals surface area contributed by atoms with Gasteiger partial charge in [-0.05, 0) is 75.6 Å². The number of carbonyl (C=O) groups is 1. The second kappa shape index (κ2) is 12.7. The number of hydrogen-bond acceptors (Lipinski definition) is 7. The maximum Gasteiger partial charge on any atom is 0.319 e. The molecule has 1 aliphatic heterocycles. The summed E-state index contributed by atoms with van der Waals surface area (Å²) in [6, 6.07) is 12.5. The summed E-state index contributed by atoms with van der Waals surface area (Å²) in [5, 5.41) is 5.47. The lowest BCUT2D eigenvalue weighted by Crippen LogP contribution is -2.43. The van der Waals surface area contributed by atoms with E-state index in [2.05, 4.69) is 31.5 Å². The first kappa shape index (κ1) is 28.4. The van der Waals surface area contributed by atoms with Crippen molar-refractivity contribution in [1.29, 1.82) is 0 Å². The second-order valence-electron chi connectivity index (χ2n) is 11.0. The Bertz CT molecular complexity index is 1540. The van der Waals surface area contributed by atoms with Crippen molar-refractivity contribution in [2.45, 2.75) is 44.3 Å². The molecule has 4 aromatic rings. The van der Waals surface area contributed by atoms with E-state index in [0.717, 1.165) is 71.7 Å². The van der Waals surface area contributed by atoms with Gasteiger partial charge in [0.1, 0.15) is 12.4 Å². The molecule has 0 bridgehead atoms. The number of urea groups is 1. The van der Waals surface area contributed by atoms with E-state index in [1.54, 1.807) is 18.3 Å². The molecule has 2 amide bonds. The number of aromatic nitrogens is 2. The zero-order chi connectivity index (χ0) is 29.1. The summed E-state index contributed by atoms with van der Waals surface area (Å²) in [5.74, 6) is -0.0140. The summed E-state index contributed by atoms with van der Waals surface area (Å²) < 4.78 is 34.3. The number of halogens is 2. The first-order valence-corrected chi connectivity index (χ1v) is 15.1. The smallest absolute Gasteiger partial charge is 0.319 e. The number of likely N-dealkylation sites (tertiary alicyclic amines) is 1. The number of carbonyl (C=O) groups excluding carboxylic acids is 1. The van der Waals surface area contributed by atoms with Crippen molar-refractivity contribution < 1.29 is 18.3 Å². The van der Waals surface area contributed by atoms with E-state index in [9.17, 15) is 13.6 Å². The number of benzene rings is 1. The van der Waals surface area contributed by atoms with Crippen LogP contribution in [-0.4, -0.2) is 71.2 Å². The maximum absolute atomic E-state index is 14.9. The van der Waals surface area contributed by atoms with Crippen molar-refractivity contribution in [3.8, 4) is 22.1 Å². The topological polar surface area (TPSA) is 82.6 Å². The molecule has 1 saturated carbocycles. The van der Waals surface area contributed by atoms with Crippen molar-refractivity contribution >= 4 is 33.3 Å². The van der Waals surface area contributed by atoms with Gasteiger partial charge < -0.3 is 20.3 Å². The normalized spacial score (nSPS) is 16.2. The van der Waals surface area contributed by atoms with Crippen molar-refractivity contribution in [2.75, 3.05) is 38.7 Å². The van der Waals surface area contributed by atoms with Gasteiger partial charge >= 0.3 is 6.03 Å². The first-order chi connectivity index (χ1) is 20.4. The van der Waals surface area contributed by atoms with Crippen LogP contribution < -0.4 is 15.4 Å². The van der Waals surface area contributed by atoms with Crippen molar-refractivity contribution in [3.63, 3.8) is 0 Å². The Balaban J connectivity index is 1.10. The molecule has 4 heterocycles. The molecule has 11 heteroatoms. The molecule has 0 radical (unpaired) electrons. The molecule has 3 aromatic heterocycles. The Kier molecular flexibility index (Phi) is 8.59. The number of rotatable bonds is 10. The number of ether oxygens (including phenoxy) is 1. The quantitative estimate of drug-likeness (QED) is 0.221. The predicted octanol–water partition coefficient (Wildman–Crippen LogP) is 6.44. The molecule has 1 aromatic carbocycles. The lowest BCUT2D eigenvalue weighted by Gasteiger charge is -2.36. The standard InChI is InChI=1S/C31H34F2N6O2S/c1-38(15-11-32)23-9-13-39(14-10-23)19-20-2-6-25(35-18-20)29-17-26-30(42-29)28(8-12-34-26)41-27-7-5-22(16-24(27)33)37-31(40)36-21-3-4-21/h2,5-8,12,16-18,21,23H,3-4,9-11,13-15,19H2,1H3,(H2,36,37,40). The van der Waals surface area contributed by atoms with Gasteiger partial charge in [0.2, 0.25) is 0 Å². The third kappa shape index (κ3) is 6.86. The van der Waals surface area contributed by atoms with E-state index in [1.165, 1.54) is 23.5 Å². The van der Waals surface area contributed by atoms with Crippen LogP contribution in [0, 0.1) is 5.82 Å². The zero-order valence-corrected chi connectivity index (χ0v) is 24.3. The van der Waals surface area contributed by atoms with E-state index in [0.29, 0.717) is 24.0 Å². The lowest BCUT2D eigenvalue weighted by molar-refractivity contribution is 0.118. The SMILES string of the molecule is CN(CCF)C1CCN(Cc2ccc(-c3cc4nccc(Oc5ccc(NC(=O)NC6CC6)cc5F)c4s3)nc2)CC1. The molecular formula is C31H34F2N6O2S. The Morgan fingerprint density at radius 2 is 1.93 bits per heavy atom. The molecule has 2 fully saturated rings. The van der Waals surface area contributed by atoms with E-state index in [4.69, 9.17) is 9.72 Å². The summed E-state index contributed by atoms with van der Waals surface area (Å²) in [5.41, 5.74) is 3.09. The van der Waals surface area contributed by atoms with E-state index in [1.807, 2.05) is 25.4 Å². The number of nitrogens with zero attached hydrogens (tertiary/aromatic N) is 4. The third-order valence-electron chi connectivity index (χ3n) is 7.80. The van der Waals surface area contributed by atoms with Crippen molar-refractivity contribution in [1.82, 2.24) is 25.1 Å². The van der Waals surface area contributed by atoms with Crippen molar-refractivity contribution in [2.24, 2.45) is 0 Å². The molecule has 0 unspecified atom stereocenters. The molecule has 2 N–H and O–H groups in total. The van der Waals surface area contributed by atoms with Gasteiger partial charge in [0.15, 0.2) is 11.6 Å². The van der Waals surface area contributed by atoms with Crippen LogP contribution in [0.4, 0.5) is 19.3 Å². The zero-order valence-electron chi connectivity index (χ0n) is 23.5. The summed E-state index contributed by atoms with van der Waals surface area (Å²) in [6.07, 6.45) is 7.60. The third-order valence-corrected chi connectivity index (χ3v) is 8.96. The fraction of sp³-hybridized carbons (Fsp3) is 0.387. The van der Waals surface area contributed by atoms with Crippen LogP contribution in [0.2, 0.25) is 0 Å². The number of nitrogens with one attached hydrogen (secondary N) is 2. The fourth-order valence-electron chi connectivity index (χ4n) is 5.24. The Morgan fingerprint density at radius 1 is 1.10 bits per heavy atom. The number of piperidine rings is 1. The highest BCUT2D eigenvalue weighted by Gasteiger charge is 2.24. The number of fused-ring (bicyclic) bond motifs is 1. The summed E-state index contributed by atoms with van der Waals surface area (Å²) >= 11 is 1.49. The molecule has 42 heavy (non-hydrogen) atoms. The predicted molar refractivity (Wildman–Crippen MR) is 161 cm³/mol. The molecule has 1 aliphatic carbocycles. The van der Waals surface area contributed by atoms with Crippen LogP contribution in [0.25, 0.3) is 20.8 Å². The van der Waals surface area contributed by atoms with Crippen LogP contribution in [0.5, 0.6) is 11.5 Å². The fourth-order valence-corrected chi connectivity index (χ4v) is 6.28. The highest BCUT2D eigenvalue weighted by atomic mass is 32.1. The van der Waals surface area contributed by atoms with Crippen LogP contribution in [-0.2, 0) is 6.54 Å². The average Bonchev–Trinajstić information content (AvgIpc) is 3.69. The Morgan fingerprint density at radius 3 is 2.64 bits per heavy atom. The molecule has 0 atom stereocenters. The largest absolute Gasteiger partial charge is 0.453 e. The van der Waals surface area contributed by atoms with Gasteiger partial charge in [-0.1, -0.05) is 6.07 Å². The van der Waals surface area contributed by atoms with E-state index < -0.39 is 5.82 Å². The van der Waals surface area contributed by atoms with Crippen LogP contribution in [0.15, 0.2) is 54.9 Å². The second-order valence-corrected chi connectivity index (χ2v) is 12.0. The minimum atomic E-state index is -0.575. The van der Waals surface area contributed by atoms with Crippen LogP contribution in [0.3, 0.4) is 0 Å². The van der Waals surface area contributed by atoms with Gasteiger partial charge in [0.05, 0.1) is 20.8 Å². The Labute approximate surface area is 247 Å². The summed E-state index contributed by atoms with van der Waals surface area (Å²) in [4.78, 5) is 26.7. The van der Waals surface area contributed by atoms with Gasteiger partial charge in [-0.2, -0.15) is 0 Å². The highest BCUT2D eigenvalue weighted by Crippen LogP contribution is 2.39. The summed E-state index contributed by atoms with van der Waals surface area (Å²) in [7, 11) is 2.01.